The summed E-state index contributed by atoms with van der Waals surface area (Å²) in [7, 11) is 0. The number of rotatable bonds is 3. The standard InChI is InChI=1S/C9H12N2O4S/c1-9(2,3)15-10-8(12)6-4-5-7(16-6)11(13)14/h4-5H,1-3H3,(H,10,12). The van der Waals surface area contributed by atoms with Crippen LogP contribution in [0.2, 0.25) is 0 Å². The molecular weight excluding hydrogens is 232 g/mol. The van der Waals surface area contributed by atoms with Crippen molar-refractivity contribution < 1.29 is 14.6 Å². The molecule has 0 spiro atoms. The van der Waals surface area contributed by atoms with Gasteiger partial charge < -0.3 is 0 Å². The van der Waals surface area contributed by atoms with E-state index in [1.807, 2.05) is 0 Å². The highest BCUT2D eigenvalue weighted by Crippen LogP contribution is 2.23. The summed E-state index contributed by atoms with van der Waals surface area (Å²) >= 11 is 0.809. The zero-order valence-electron chi connectivity index (χ0n) is 9.14. The fourth-order valence-corrected chi connectivity index (χ4v) is 1.50. The third-order valence-corrected chi connectivity index (χ3v) is 2.48. The first-order chi connectivity index (χ1) is 7.29. The van der Waals surface area contributed by atoms with Gasteiger partial charge in [0.05, 0.1) is 10.5 Å². The van der Waals surface area contributed by atoms with Gasteiger partial charge in [0, 0.05) is 6.07 Å². The van der Waals surface area contributed by atoms with Crippen molar-refractivity contribution in [3.63, 3.8) is 0 Å². The molecule has 1 heterocycles. The van der Waals surface area contributed by atoms with Crippen LogP contribution >= 0.6 is 11.3 Å². The van der Waals surface area contributed by atoms with Crippen molar-refractivity contribution in [3.05, 3.63) is 27.1 Å². The highest BCUT2D eigenvalue weighted by molar-refractivity contribution is 7.17. The first-order valence-corrected chi connectivity index (χ1v) is 5.34. The van der Waals surface area contributed by atoms with Crippen LogP contribution in [0, 0.1) is 10.1 Å². The molecular formula is C9H12N2O4S. The van der Waals surface area contributed by atoms with E-state index in [1.165, 1.54) is 12.1 Å². The van der Waals surface area contributed by atoms with Gasteiger partial charge in [0.1, 0.15) is 4.88 Å². The van der Waals surface area contributed by atoms with Gasteiger partial charge in [0.15, 0.2) is 0 Å². The Bertz CT molecular complexity index is 408. The molecule has 0 bridgehead atoms. The number of nitro groups is 1. The summed E-state index contributed by atoms with van der Waals surface area (Å²) in [6, 6.07) is 2.68. The monoisotopic (exact) mass is 244 g/mol. The van der Waals surface area contributed by atoms with E-state index in [0.717, 1.165) is 11.3 Å². The maximum Gasteiger partial charge on any atom is 0.324 e. The molecule has 0 fully saturated rings. The number of amides is 1. The van der Waals surface area contributed by atoms with Crippen LogP contribution < -0.4 is 5.48 Å². The molecule has 0 radical (unpaired) electrons. The lowest BCUT2D eigenvalue weighted by atomic mass is 10.2. The minimum Gasteiger partial charge on any atom is -0.268 e. The van der Waals surface area contributed by atoms with Gasteiger partial charge in [-0.3, -0.25) is 19.7 Å². The number of hydrogen-bond donors (Lipinski definition) is 1. The molecule has 0 aliphatic carbocycles. The lowest BCUT2D eigenvalue weighted by Gasteiger charge is -2.18. The van der Waals surface area contributed by atoms with E-state index in [4.69, 9.17) is 4.84 Å². The molecule has 16 heavy (non-hydrogen) atoms. The minimum atomic E-state index is -0.536. The van der Waals surface area contributed by atoms with Gasteiger partial charge in [0.2, 0.25) is 0 Å². The Balaban J connectivity index is 2.63. The maximum absolute atomic E-state index is 11.5. The average molecular weight is 244 g/mol. The molecule has 0 unspecified atom stereocenters. The van der Waals surface area contributed by atoms with E-state index in [-0.39, 0.29) is 9.88 Å². The second-order valence-electron chi connectivity index (χ2n) is 4.04. The van der Waals surface area contributed by atoms with E-state index in [9.17, 15) is 14.9 Å². The summed E-state index contributed by atoms with van der Waals surface area (Å²) in [5, 5.41) is 10.3. The summed E-state index contributed by atoms with van der Waals surface area (Å²) in [5.74, 6) is -0.479. The van der Waals surface area contributed by atoms with Gasteiger partial charge in [-0.1, -0.05) is 11.3 Å². The lowest BCUT2D eigenvalue weighted by Crippen LogP contribution is -2.33. The summed E-state index contributed by atoms with van der Waals surface area (Å²) < 4.78 is 0. The van der Waals surface area contributed by atoms with Crippen molar-refractivity contribution in [3.8, 4) is 0 Å². The molecule has 7 heteroatoms. The van der Waals surface area contributed by atoms with Gasteiger partial charge in [-0.2, -0.15) is 0 Å². The lowest BCUT2D eigenvalue weighted by molar-refractivity contribution is -0.380. The second kappa shape index (κ2) is 4.58. The maximum atomic E-state index is 11.5. The van der Waals surface area contributed by atoms with E-state index < -0.39 is 16.4 Å². The molecule has 0 aromatic carbocycles. The quantitative estimate of drug-likeness (QED) is 0.652. The molecule has 0 saturated carbocycles. The normalized spacial score (nSPS) is 11.2. The molecule has 1 N–H and O–H groups in total. The van der Waals surface area contributed by atoms with Crippen molar-refractivity contribution in [2.75, 3.05) is 0 Å². The Kier molecular flexibility index (Phi) is 3.61. The molecule has 0 aliphatic rings. The fraction of sp³-hybridized carbons (Fsp3) is 0.444. The van der Waals surface area contributed by atoms with Gasteiger partial charge in [-0.15, -0.1) is 0 Å². The zero-order chi connectivity index (χ0) is 12.3. The van der Waals surface area contributed by atoms with E-state index in [1.54, 1.807) is 20.8 Å². The number of thiophene rings is 1. The first-order valence-electron chi connectivity index (χ1n) is 4.52. The number of hydrogen-bond acceptors (Lipinski definition) is 5. The van der Waals surface area contributed by atoms with Crippen molar-refractivity contribution in [1.29, 1.82) is 0 Å². The third-order valence-electron chi connectivity index (χ3n) is 1.45. The average Bonchev–Trinajstić information content (AvgIpc) is 2.61. The van der Waals surface area contributed by atoms with Crippen molar-refractivity contribution in [2.24, 2.45) is 0 Å². The third kappa shape index (κ3) is 3.59. The first kappa shape index (κ1) is 12.6. The topological polar surface area (TPSA) is 81.5 Å². The Morgan fingerprint density at radius 2 is 2.12 bits per heavy atom. The van der Waals surface area contributed by atoms with Crippen LogP contribution in [-0.4, -0.2) is 16.4 Å². The van der Waals surface area contributed by atoms with Gasteiger partial charge in [0.25, 0.3) is 5.91 Å². The molecule has 6 nitrogen and oxygen atoms in total. The van der Waals surface area contributed by atoms with Crippen molar-refractivity contribution in [2.45, 2.75) is 26.4 Å². The van der Waals surface area contributed by atoms with Gasteiger partial charge >= 0.3 is 5.00 Å². The number of nitrogens with zero attached hydrogens (tertiary/aromatic N) is 1. The number of carbonyl (C=O) groups is 1. The highest BCUT2D eigenvalue weighted by Gasteiger charge is 2.18. The van der Waals surface area contributed by atoms with E-state index in [0.29, 0.717) is 0 Å². The summed E-state index contributed by atoms with van der Waals surface area (Å²) in [6.07, 6.45) is 0. The molecule has 1 aromatic rings. The smallest absolute Gasteiger partial charge is 0.268 e. The van der Waals surface area contributed by atoms with Crippen molar-refractivity contribution >= 4 is 22.2 Å². The number of carbonyl (C=O) groups excluding carboxylic acids is 1. The second-order valence-corrected chi connectivity index (χ2v) is 5.10. The minimum absolute atomic E-state index is 0.0686. The van der Waals surface area contributed by atoms with Crippen LogP contribution in [0.1, 0.15) is 30.4 Å². The van der Waals surface area contributed by atoms with Gasteiger partial charge in [-0.05, 0) is 26.8 Å². The predicted molar refractivity (Wildman–Crippen MR) is 59.3 cm³/mol. The fourth-order valence-electron chi connectivity index (χ4n) is 0.798. The number of hydroxylamine groups is 1. The summed E-state index contributed by atoms with van der Waals surface area (Å²) in [6.45, 7) is 5.35. The van der Waals surface area contributed by atoms with Crippen LogP contribution in [0.25, 0.3) is 0 Å². The largest absolute Gasteiger partial charge is 0.324 e. The predicted octanol–water partition coefficient (Wildman–Crippen LogP) is 2.12. The Morgan fingerprint density at radius 3 is 2.56 bits per heavy atom. The molecule has 1 rings (SSSR count). The van der Waals surface area contributed by atoms with Crippen molar-refractivity contribution in [1.82, 2.24) is 5.48 Å². The van der Waals surface area contributed by atoms with Crippen LogP contribution in [-0.2, 0) is 4.84 Å². The molecule has 1 aromatic heterocycles. The van der Waals surface area contributed by atoms with Crippen LogP contribution in [0.4, 0.5) is 5.00 Å². The van der Waals surface area contributed by atoms with Crippen LogP contribution in [0.5, 0.6) is 0 Å². The summed E-state index contributed by atoms with van der Waals surface area (Å²) in [4.78, 5) is 26.6. The van der Waals surface area contributed by atoms with E-state index in [2.05, 4.69) is 5.48 Å². The Morgan fingerprint density at radius 1 is 1.50 bits per heavy atom. The van der Waals surface area contributed by atoms with E-state index >= 15 is 0 Å². The Labute approximate surface area is 96.3 Å². The zero-order valence-corrected chi connectivity index (χ0v) is 9.96. The SMILES string of the molecule is CC(C)(C)ONC(=O)c1ccc([N+](=O)[O-])s1. The molecule has 1 amide bonds. The molecule has 0 saturated heterocycles. The Hall–Kier alpha value is -1.47. The molecule has 0 atom stereocenters. The van der Waals surface area contributed by atoms with Crippen LogP contribution in [0.15, 0.2) is 12.1 Å². The molecule has 0 aliphatic heterocycles. The number of nitrogens with one attached hydrogen (secondary N) is 1. The van der Waals surface area contributed by atoms with Gasteiger partial charge in [-0.25, -0.2) is 5.48 Å². The van der Waals surface area contributed by atoms with Crippen LogP contribution in [0.3, 0.4) is 0 Å². The molecule has 88 valence electrons. The highest BCUT2D eigenvalue weighted by atomic mass is 32.1. The summed E-state index contributed by atoms with van der Waals surface area (Å²) in [5.41, 5.74) is 1.74.